The molecule has 0 radical (unpaired) electrons. The Balaban J connectivity index is 1.92. The molecule has 0 bridgehead atoms. The van der Waals surface area contributed by atoms with Gasteiger partial charge in [0.2, 0.25) is 0 Å². The molecule has 1 fully saturated rings. The Morgan fingerprint density at radius 2 is 2.11 bits per heavy atom. The van der Waals surface area contributed by atoms with Crippen molar-refractivity contribution in [2.45, 2.75) is 26.4 Å². The van der Waals surface area contributed by atoms with E-state index in [2.05, 4.69) is 11.8 Å². The largest absolute Gasteiger partial charge is 0.392 e. The van der Waals surface area contributed by atoms with Gasteiger partial charge in [0.1, 0.15) is 0 Å². The molecule has 2 heterocycles. The zero-order chi connectivity index (χ0) is 13.8. The minimum Gasteiger partial charge on any atom is -0.392 e. The van der Waals surface area contributed by atoms with Crippen LogP contribution in [-0.4, -0.2) is 59.6 Å². The summed E-state index contributed by atoms with van der Waals surface area (Å²) in [5.74, 6) is 0.170. The van der Waals surface area contributed by atoms with Crippen LogP contribution in [0.1, 0.15) is 29.1 Å². The van der Waals surface area contributed by atoms with E-state index in [1.807, 2.05) is 16.3 Å². The highest BCUT2D eigenvalue weighted by atomic mass is 32.1. The second-order valence-corrected chi connectivity index (χ2v) is 5.99. The summed E-state index contributed by atoms with van der Waals surface area (Å²) in [5.41, 5.74) is 1.15. The summed E-state index contributed by atoms with van der Waals surface area (Å²) >= 11 is 1.54. The van der Waals surface area contributed by atoms with E-state index in [-0.39, 0.29) is 12.0 Å². The maximum Gasteiger partial charge on any atom is 0.264 e. The van der Waals surface area contributed by atoms with Crippen LogP contribution in [0, 0.1) is 0 Å². The molecule has 1 aliphatic rings. The number of β-amino-alcohol motifs (C(OH)–C–C–N with tert-alkyl or cyclic N) is 1. The van der Waals surface area contributed by atoms with Gasteiger partial charge in [-0.2, -0.15) is 0 Å². The first-order valence-electron chi connectivity index (χ1n) is 6.88. The van der Waals surface area contributed by atoms with E-state index in [1.54, 1.807) is 18.3 Å². The van der Waals surface area contributed by atoms with E-state index in [0.29, 0.717) is 6.54 Å². The van der Waals surface area contributed by atoms with Crippen molar-refractivity contribution in [2.24, 2.45) is 0 Å². The molecule has 19 heavy (non-hydrogen) atoms. The average molecular weight is 282 g/mol. The minimum atomic E-state index is -0.300. The molecule has 1 saturated heterocycles. The highest BCUT2D eigenvalue weighted by Gasteiger charge is 2.24. The first-order valence-corrected chi connectivity index (χ1v) is 7.75. The summed E-state index contributed by atoms with van der Waals surface area (Å²) in [6, 6.07) is 2.04. The number of nitrogens with zero attached hydrogens (tertiary/aromatic N) is 2. The molecule has 1 aromatic rings. The van der Waals surface area contributed by atoms with Crippen molar-refractivity contribution < 1.29 is 9.90 Å². The van der Waals surface area contributed by atoms with Gasteiger partial charge in [0.05, 0.1) is 11.0 Å². The van der Waals surface area contributed by atoms with Crippen molar-refractivity contribution in [2.75, 3.05) is 32.7 Å². The Bertz CT molecular complexity index is 423. The summed E-state index contributed by atoms with van der Waals surface area (Å²) < 4.78 is 0. The molecule has 1 aliphatic heterocycles. The second kappa shape index (κ2) is 6.50. The van der Waals surface area contributed by atoms with Crippen molar-refractivity contribution >= 4 is 17.2 Å². The van der Waals surface area contributed by atoms with E-state index in [4.69, 9.17) is 0 Å². The quantitative estimate of drug-likeness (QED) is 0.909. The van der Waals surface area contributed by atoms with Crippen LogP contribution in [0.25, 0.3) is 0 Å². The Hall–Kier alpha value is -0.910. The van der Waals surface area contributed by atoms with Crippen LogP contribution >= 0.6 is 11.3 Å². The predicted molar refractivity (Wildman–Crippen MR) is 77.7 cm³/mol. The van der Waals surface area contributed by atoms with E-state index >= 15 is 0 Å². The molecule has 0 saturated carbocycles. The number of aryl methyl sites for hydroxylation is 1. The molecule has 1 N–H and O–H groups in total. The van der Waals surface area contributed by atoms with Crippen LogP contribution in [0.4, 0.5) is 0 Å². The number of thiophene rings is 1. The number of rotatable bonds is 4. The first-order chi connectivity index (χ1) is 9.11. The summed E-state index contributed by atoms with van der Waals surface area (Å²) in [6.45, 7) is 7.80. The number of amides is 1. The highest BCUT2D eigenvalue weighted by Crippen LogP contribution is 2.20. The smallest absolute Gasteiger partial charge is 0.264 e. The van der Waals surface area contributed by atoms with Gasteiger partial charge < -0.3 is 10.0 Å². The molecule has 106 valence electrons. The molecule has 2 rings (SSSR count). The molecule has 1 atom stereocenters. The first kappa shape index (κ1) is 14.5. The van der Waals surface area contributed by atoms with E-state index < -0.39 is 0 Å². The van der Waals surface area contributed by atoms with Crippen LogP contribution < -0.4 is 0 Å². The number of aliphatic hydroxyl groups is 1. The third-order valence-corrected chi connectivity index (χ3v) is 4.45. The Morgan fingerprint density at radius 1 is 1.42 bits per heavy atom. The second-order valence-electron chi connectivity index (χ2n) is 5.07. The van der Waals surface area contributed by atoms with Gasteiger partial charge in [-0.3, -0.25) is 9.69 Å². The van der Waals surface area contributed by atoms with Crippen LogP contribution in [0.15, 0.2) is 11.4 Å². The van der Waals surface area contributed by atoms with Crippen LogP contribution in [-0.2, 0) is 6.42 Å². The number of carbonyl (C=O) groups is 1. The molecular formula is C14H22N2O2S. The lowest BCUT2D eigenvalue weighted by atomic mass is 10.2. The monoisotopic (exact) mass is 282 g/mol. The van der Waals surface area contributed by atoms with Crippen molar-refractivity contribution in [1.29, 1.82) is 0 Å². The lowest BCUT2D eigenvalue weighted by molar-refractivity contribution is 0.0557. The number of piperazine rings is 1. The van der Waals surface area contributed by atoms with Crippen molar-refractivity contribution in [3.05, 3.63) is 21.9 Å². The Kier molecular flexibility index (Phi) is 4.96. The molecule has 0 aromatic carbocycles. The van der Waals surface area contributed by atoms with Gasteiger partial charge in [-0.15, -0.1) is 11.3 Å². The van der Waals surface area contributed by atoms with Gasteiger partial charge >= 0.3 is 0 Å². The summed E-state index contributed by atoms with van der Waals surface area (Å²) in [6.07, 6.45) is 0.610. The van der Waals surface area contributed by atoms with E-state index in [9.17, 15) is 9.90 Å². The Labute approximate surface area is 118 Å². The zero-order valence-electron chi connectivity index (χ0n) is 11.6. The third kappa shape index (κ3) is 3.55. The number of aliphatic hydroxyl groups excluding tert-OH is 1. The lowest BCUT2D eigenvalue weighted by Gasteiger charge is -2.35. The van der Waals surface area contributed by atoms with Crippen LogP contribution in [0.5, 0.6) is 0 Å². The number of carbonyl (C=O) groups excluding carboxylic acids is 1. The minimum absolute atomic E-state index is 0.170. The molecule has 1 aromatic heterocycles. The molecule has 4 nitrogen and oxygen atoms in total. The van der Waals surface area contributed by atoms with Gasteiger partial charge in [-0.1, -0.05) is 6.92 Å². The van der Waals surface area contributed by atoms with Crippen molar-refractivity contribution in [1.82, 2.24) is 9.80 Å². The van der Waals surface area contributed by atoms with Gasteiger partial charge in [0.15, 0.2) is 0 Å². The van der Waals surface area contributed by atoms with Crippen molar-refractivity contribution in [3.63, 3.8) is 0 Å². The lowest BCUT2D eigenvalue weighted by Crippen LogP contribution is -2.50. The fraction of sp³-hybridized carbons (Fsp3) is 0.643. The van der Waals surface area contributed by atoms with Crippen LogP contribution in [0.2, 0.25) is 0 Å². The van der Waals surface area contributed by atoms with Gasteiger partial charge in [0.25, 0.3) is 5.91 Å². The predicted octanol–water partition coefficient (Wildman–Crippen LogP) is 1.45. The zero-order valence-corrected chi connectivity index (χ0v) is 12.4. The molecule has 5 heteroatoms. The summed E-state index contributed by atoms with van der Waals surface area (Å²) in [4.78, 5) is 17.5. The van der Waals surface area contributed by atoms with E-state index in [0.717, 1.165) is 43.0 Å². The van der Waals surface area contributed by atoms with Gasteiger partial charge in [-0.05, 0) is 30.4 Å². The van der Waals surface area contributed by atoms with Gasteiger partial charge in [-0.25, -0.2) is 0 Å². The van der Waals surface area contributed by atoms with Gasteiger partial charge in [0, 0.05) is 32.7 Å². The maximum absolute atomic E-state index is 12.4. The molecule has 1 amide bonds. The van der Waals surface area contributed by atoms with Crippen LogP contribution in [0.3, 0.4) is 0 Å². The fourth-order valence-electron chi connectivity index (χ4n) is 2.45. The van der Waals surface area contributed by atoms with Crippen molar-refractivity contribution in [3.8, 4) is 0 Å². The van der Waals surface area contributed by atoms with E-state index in [1.165, 1.54) is 0 Å². The molecule has 0 spiro atoms. The normalized spacial score (nSPS) is 18.6. The SMILES string of the molecule is CCc1ccsc1C(=O)N1CCN(C[C@H](C)O)CC1. The highest BCUT2D eigenvalue weighted by molar-refractivity contribution is 7.12. The Morgan fingerprint density at radius 3 is 2.68 bits per heavy atom. The third-order valence-electron chi connectivity index (χ3n) is 3.50. The topological polar surface area (TPSA) is 43.8 Å². The fourth-order valence-corrected chi connectivity index (χ4v) is 3.41. The molecular weight excluding hydrogens is 260 g/mol. The molecule has 0 aliphatic carbocycles. The summed E-state index contributed by atoms with van der Waals surface area (Å²) in [7, 11) is 0. The maximum atomic E-state index is 12.4. The summed E-state index contributed by atoms with van der Waals surface area (Å²) in [5, 5.41) is 11.4. The number of hydrogen-bond acceptors (Lipinski definition) is 4. The molecule has 0 unspecified atom stereocenters. The number of hydrogen-bond donors (Lipinski definition) is 1. The standard InChI is InChI=1S/C14H22N2O2S/c1-3-12-4-9-19-13(12)14(18)16-7-5-15(6-8-16)10-11(2)17/h4,9,11,17H,3,5-8,10H2,1-2H3/t11-/m0/s1. The average Bonchev–Trinajstić information content (AvgIpc) is 2.86.